The number of pyridine rings is 1. The van der Waals surface area contributed by atoms with Gasteiger partial charge in [0.1, 0.15) is 5.75 Å². The molecule has 0 fully saturated rings. The Bertz CT molecular complexity index is 331. The third kappa shape index (κ3) is 7.51. The van der Waals surface area contributed by atoms with Crippen LogP contribution in [0, 0.1) is 5.92 Å². The second kappa shape index (κ2) is 9.17. The van der Waals surface area contributed by atoms with E-state index in [0.717, 1.165) is 37.8 Å². The van der Waals surface area contributed by atoms with Crippen molar-refractivity contribution in [3.05, 3.63) is 23.5 Å². The largest absolute Gasteiger partial charge is 0.492 e. The Labute approximate surface area is 115 Å². The highest BCUT2D eigenvalue weighted by molar-refractivity contribution is 6.30. The molecule has 0 atom stereocenters. The van der Waals surface area contributed by atoms with Crippen molar-refractivity contribution in [2.24, 2.45) is 5.92 Å². The van der Waals surface area contributed by atoms with Gasteiger partial charge in [-0.25, -0.2) is 0 Å². The molecule has 0 aliphatic rings. The molecular formula is C14H23ClN2O. The minimum Gasteiger partial charge on any atom is -0.492 e. The molecule has 0 radical (unpaired) electrons. The molecule has 102 valence electrons. The Morgan fingerprint density at radius 1 is 1.28 bits per heavy atom. The van der Waals surface area contributed by atoms with Gasteiger partial charge in [0, 0.05) is 12.3 Å². The van der Waals surface area contributed by atoms with E-state index in [0.29, 0.717) is 5.02 Å². The fourth-order valence-electron chi connectivity index (χ4n) is 1.58. The van der Waals surface area contributed by atoms with Crippen LogP contribution in [0.1, 0.15) is 33.1 Å². The van der Waals surface area contributed by atoms with Gasteiger partial charge in [0.05, 0.1) is 17.8 Å². The zero-order valence-electron chi connectivity index (χ0n) is 11.3. The van der Waals surface area contributed by atoms with E-state index in [-0.39, 0.29) is 0 Å². The lowest BCUT2D eigenvalue weighted by atomic mass is 10.2. The van der Waals surface area contributed by atoms with Gasteiger partial charge in [-0.15, -0.1) is 0 Å². The van der Waals surface area contributed by atoms with Crippen LogP contribution in [0.25, 0.3) is 0 Å². The van der Waals surface area contributed by atoms with Crippen LogP contribution >= 0.6 is 11.6 Å². The van der Waals surface area contributed by atoms with Crippen molar-refractivity contribution in [2.45, 2.75) is 33.1 Å². The monoisotopic (exact) mass is 270 g/mol. The van der Waals surface area contributed by atoms with E-state index in [1.807, 2.05) is 0 Å². The quantitative estimate of drug-likeness (QED) is 0.697. The normalized spacial score (nSPS) is 10.9. The zero-order chi connectivity index (χ0) is 13.2. The van der Waals surface area contributed by atoms with Crippen LogP contribution in [0.2, 0.25) is 5.02 Å². The Morgan fingerprint density at radius 3 is 2.83 bits per heavy atom. The molecule has 0 unspecified atom stereocenters. The molecule has 3 nitrogen and oxygen atoms in total. The number of ether oxygens (including phenoxy) is 1. The van der Waals surface area contributed by atoms with Crippen molar-refractivity contribution in [3.63, 3.8) is 0 Å². The molecule has 0 bridgehead atoms. The molecule has 1 rings (SSSR count). The fourth-order valence-corrected chi connectivity index (χ4v) is 1.74. The highest BCUT2D eigenvalue weighted by atomic mass is 35.5. The van der Waals surface area contributed by atoms with Crippen molar-refractivity contribution < 1.29 is 4.74 Å². The van der Waals surface area contributed by atoms with E-state index in [2.05, 4.69) is 24.1 Å². The lowest BCUT2D eigenvalue weighted by molar-refractivity contribution is 0.303. The SMILES string of the molecule is CC(C)CNCCCCCOc1cncc(Cl)c1. The molecule has 1 heterocycles. The van der Waals surface area contributed by atoms with Crippen LogP contribution in [0.4, 0.5) is 0 Å². The number of nitrogens with one attached hydrogen (secondary N) is 1. The van der Waals surface area contributed by atoms with Crippen molar-refractivity contribution in [1.29, 1.82) is 0 Å². The number of aromatic nitrogens is 1. The van der Waals surface area contributed by atoms with E-state index in [1.165, 1.54) is 12.8 Å². The van der Waals surface area contributed by atoms with Gasteiger partial charge in [-0.1, -0.05) is 25.4 Å². The molecule has 1 aromatic heterocycles. The minimum atomic E-state index is 0.616. The summed E-state index contributed by atoms with van der Waals surface area (Å²) in [5, 5.41) is 4.05. The van der Waals surface area contributed by atoms with E-state index < -0.39 is 0 Å². The number of unbranched alkanes of at least 4 members (excludes halogenated alkanes) is 2. The summed E-state index contributed by atoms with van der Waals surface area (Å²) in [5.74, 6) is 1.48. The van der Waals surface area contributed by atoms with Gasteiger partial charge >= 0.3 is 0 Å². The highest BCUT2D eigenvalue weighted by Gasteiger charge is 1.96. The fraction of sp³-hybridized carbons (Fsp3) is 0.643. The Morgan fingerprint density at radius 2 is 2.11 bits per heavy atom. The molecule has 1 N–H and O–H groups in total. The van der Waals surface area contributed by atoms with Gasteiger partial charge < -0.3 is 10.1 Å². The topological polar surface area (TPSA) is 34.1 Å². The van der Waals surface area contributed by atoms with Crippen molar-refractivity contribution in [2.75, 3.05) is 19.7 Å². The number of hydrogen-bond acceptors (Lipinski definition) is 3. The lowest BCUT2D eigenvalue weighted by Gasteiger charge is -2.08. The van der Waals surface area contributed by atoms with E-state index in [1.54, 1.807) is 18.5 Å². The van der Waals surface area contributed by atoms with Gasteiger partial charge in [-0.05, 0) is 38.3 Å². The second-order valence-electron chi connectivity index (χ2n) is 4.85. The highest BCUT2D eigenvalue weighted by Crippen LogP contribution is 2.15. The maximum atomic E-state index is 5.82. The van der Waals surface area contributed by atoms with Crippen LogP contribution in [0.15, 0.2) is 18.5 Å². The number of hydrogen-bond donors (Lipinski definition) is 1. The summed E-state index contributed by atoms with van der Waals surface area (Å²) in [4.78, 5) is 3.97. The molecule has 0 saturated heterocycles. The van der Waals surface area contributed by atoms with Crippen molar-refractivity contribution in [1.82, 2.24) is 10.3 Å². The van der Waals surface area contributed by atoms with Crippen LogP contribution < -0.4 is 10.1 Å². The van der Waals surface area contributed by atoms with E-state index in [9.17, 15) is 0 Å². The molecule has 0 aliphatic carbocycles. The smallest absolute Gasteiger partial charge is 0.139 e. The van der Waals surface area contributed by atoms with Gasteiger partial charge in [-0.2, -0.15) is 0 Å². The Balaban J connectivity index is 1.96. The molecular weight excluding hydrogens is 248 g/mol. The molecule has 0 aliphatic heterocycles. The van der Waals surface area contributed by atoms with E-state index >= 15 is 0 Å². The third-order valence-electron chi connectivity index (χ3n) is 2.50. The summed E-state index contributed by atoms with van der Waals surface area (Å²) in [6, 6.07) is 1.79. The Kier molecular flexibility index (Phi) is 7.78. The molecule has 18 heavy (non-hydrogen) atoms. The molecule has 0 saturated carbocycles. The molecule has 1 aromatic rings. The number of nitrogens with zero attached hydrogens (tertiary/aromatic N) is 1. The summed E-state index contributed by atoms with van der Waals surface area (Å²) in [7, 11) is 0. The first-order valence-corrected chi connectivity index (χ1v) is 7.00. The van der Waals surface area contributed by atoms with Crippen LogP contribution in [0.3, 0.4) is 0 Å². The molecule has 0 spiro atoms. The standard InChI is InChI=1S/C14H23ClN2O/c1-12(2)9-16-6-4-3-5-7-18-14-8-13(15)10-17-11-14/h8,10-12,16H,3-7,9H2,1-2H3. The average Bonchev–Trinajstić information content (AvgIpc) is 2.32. The number of halogens is 1. The summed E-state index contributed by atoms with van der Waals surface area (Å²) >= 11 is 5.82. The maximum Gasteiger partial charge on any atom is 0.139 e. The number of rotatable bonds is 9. The average molecular weight is 271 g/mol. The van der Waals surface area contributed by atoms with Gasteiger partial charge in [0.25, 0.3) is 0 Å². The van der Waals surface area contributed by atoms with Crippen LogP contribution in [-0.4, -0.2) is 24.7 Å². The minimum absolute atomic E-state index is 0.616. The van der Waals surface area contributed by atoms with Gasteiger partial charge in [0.2, 0.25) is 0 Å². The summed E-state index contributed by atoms with van der Waals surface area (Å²) in [6.45, 7) is 7.37. The molecule has 0 aromatic carbocycles. The molecule has 0 amide bonds. The maximum absolute atomic E-state index is 5.82. The predicted molar refractivity (Wildman–Crippen MR) is 76.3 cm³/mol. The summed E-state index contributed by atoms with van der Waals surface area (Å²) in [5.41, 5.74) is 0. The summed E-state index contributed by atoms with van der Waals surface area (Å²) < 4.78 is 5.56. The van der Waals surface area contributed by atoms with Gasteiger partial charge in [-0.3, -0.25) is 4.98 Å². The van der Waals surface area contributed by atoms with E-state index in [4.69, 9.17) is 16.3 Å². The Hall–Kier alpha value is -0.800. The first-order valence-electron chi connectivity index (χ1n) is 6.62. The third-order valence-corrected chi connectivity index (χ3v) is 2.71. The van der Waals surface area contributed by atoms with Crippen molar-refractivity contribution >= 4 is 11.6 Å². The zero-order valence-corrected chi connectivity index (χ0v) is 12.0. The van der Waals surface area contributed by atoms with Gasteiger partial charge in [0.15, 0.2) is 0 Å². The van der Waals surface area contributed by atoms with Crippen LogP contribution in [0.5, 0.6) is 5.75 Å². The predicted octanol–water partition coefficient (Wildman–Crippen LogP) is 3.53. The first-order chi connectivity index (χ1) is 8.68. The second-order valence-corrected chi connectivity index (χ2v) is 5.28. The first kappa shape index (κ1) is 15.3. The lowest BCUT2D eigenvalue weighted by Crippen LogP contribution is -2.20. The van der Waals surface area contributed by atoms with Crippen molar-refractivity contribution in [3.8, 4) is 5.75 Å². The van der Waals surface area contributed by atoms with Crippen LogP contribution in [-0.2, 0) is 0 Å². The summed E-state index contributed by atoms with van der Waals surface area (Å²) in [6.07, 6.45) is 6.74. The molecule has 4 heteroatoms.